The normalized spacial score (nSPS) is 10.4. The molecule has 1 aromatic heterocycles. The van der Waals surface area contributed by atoms with Gasteiger partial charge in [-0.1, -0.05) is 12.1 Å². The number of anilines is 1. The summed E-state index contributed by atoms with van der Waals surface area (Å²) in [6.45, 7) is 2.57. The Morgan fingerprint density at radius 2 is 1.53 bits per heavy atom. The Labute approximate surface area is 173 Å². The third-order valence-corrected chi connectivity index (χ3v) is 4.53. The number of amides is 1. The fourth-order valence-corrected chi connectivity index (χ4v) is 2.90. The van der Waals surface area contributed by atoms with E-state index in [0.717, 1.165) is 11.4 Å². The van der Waals surface area contributed by atoms with E-state index in [1.54, 1.807) is 18.3 Å². The second-order valence-corrected chi connectivity index (χ2v) is 6.54. The molecule has 30 heavy (non-hydrogen) atoms. The summed E-state index contributed by atoms with van der Waals surface area (Å²) in [5.74, 6) is -0.729. The summed E-state index contributed by atoms with van der Waals surface area (Å²) in [6, 6.07) is 11.4. The van der Waals surface area contributed by atoms with Crippen molar-refractivity contribution in [3.05, 3.63) is 82.9 Å². The van der Waals surface area contributed by atoms with Gasteiger partial charge in [-0.15, -0.1) is 0 Å². The zero-order chi connectivity index (χ0) is 21.7. The number of methoxy groups -OCH3 is 2. The average molecular weight is 407 g/mol. The molecule has 8 nitrogen and oxygen atoms in total. The standard InChI is InChI=1S/C22H21N3O5/c1-14-23-8-9-25(14)13-15-4-6-16(7-5-15)20(26)24-19-11-17(21(27)29-2)10-18(12-19)22(28)30-3/h4-12H,13H2,1-3H3,(H,24,26). The Morgan fingerprint density at radius 3 is 2.03 bits per heavy atom. The van der Waals surface area contributed by atoms with Crippen LogP contribution in [0.2, 0.25) is 0 Å². The lowest BCUT2D eigenvalue weighted by molar-refractivity contribution is 0.0599. The van der Waals surface area contributed by atoms with Crippen LogP contribution in [-0.4, -0.2) is 41.6 Å². The molecule has 0 spiro atoms. The lowest BCUT2D eigenvalue weighted by Gasteiger charge is -2.10. The maximum atomic E-state index is 12.6. The highest BCUT2D eigenvalue weighted by molar-refractivity contribution is 6.06. The number of esters is 2. The summed E-state index contributed by atoms with van der Waals surface area (Å²) in [5, 5.41) is 2.70. The molecule has 1 amide bonds. The van der Waals surface area contributed by atoms with Crippen molar-refractivity contribution < 1.29 is 23.9 Å². The van der Waals surface area contributed by atoms with Gasteiger partial charge in [0.25, 0.3) is 5.91 Å². The van der Waals surface area contributed by atoms with Crippen molar-refractivity contribution in [2.45, 2.75) is 13.5 Å². The topological polar surface area (TPSA) is 99.5 Å². The highest BCUT2D eigenvalue weighted by Crippen LogP contribution is 2.18. The van der Waals surface area contributed by atoms with Crippen LogP contribution in [0.25, 0.3) is 0 Å². The summed E-state index contributed by atoms with van der Waals surface area (Å²) in [6.07, 6.45) is 3.63. The van der Waals surface area contributed by atoms with Crippen LogP contribution in [0.1, 0.15) is 42.5 Å². The van der Waals surface area contributed by atoms with Crippen molar-refractivity contribution in [2.75, 3.05) is 19.5 Å². The molecule has 0 aliphatic carbocycles. The first kappa shape index (κ1) is 20.8. The minimum Gasteiger partial charge on any atom is -0.465 e. The molecule has 0 bridgehead atoms. The number of imidazole rings is 1. The Hall–Kier alpha value is -3.94. The number of aryl methyl sites for hydroxylation is 1. The first-order chi connectivity index (χ1) is 14.4. The number of nitrogens with one attached hydrogen (secondary N) is 1. The van der Waals surface area contributed by atoms with Gasteiger partial charge in [0.2, 0.25) is 0 Å². The number of hydrogen-bond donors (Lipinski definition) is 1. The van der Waals surface area contributed by atoms with E-state index in [9.17, 15) is 14.4 Å². The van der Waals surface area contributed by atoms with Crippen LogP contribution < -0.4 is 5.32 Å². The minimum absolute atomic E-state index is 0.127. The zero-order valence-corrected chi connectivity index (χ0v) is 16.8. The lowest BCUT2D eigenvalue weighted by Crippen LogP contribution is -2.14. The molecule has 0 fully saturated rings. The molecular formula is C22H21N3O5. The SMILES string of the molecule is COC(=O)c1cc(NC(=O)c2ccc(Cn3ccnc3C)cc2)cc(C(=O)OC)c1. The van der Waals surface area contributed by atoms with Gasteiger partial charge < -0.3 is 19.4 Å². The number of aromatic nitrogens is 2. The predicted octanol–water partition coefficient (Wildman–Crippen LogP) is 3.07. The molecule has 3 aromatic rings. The lowest BCUT2D eigenvalue weighted by atomic mass is 10.1. The summed E-state index contributed by atoms with van der Waals surface area (Å²) in [7, 11) is 2.47. The molecule has 1 heterocycles. The summed E-state index contributed by atoms with van der Waals surface area (Å²) in [5.41, 5.74) is 1.99. The van der Waals surface area contributed by atoms with E-state index < -0.39 is 11.9 Å². The molecular weight excluding hydrogens is 386 g/mol. The van der Waals surface area contributed by atoms with Crippen molar-refractivity contribution in [2.24, 2.45) is 0 Å². The first-order valence-electron chi connectivity index (χ1n) is 9.11. The molecule has 1 N–H and O–H groups in total. The molecule has 0 atom stereocenters. The number of carbonyl (C=O) groups is 3. The second kappa shape index (κ2) is 9.04. The van der Waals surface area contributed by atoms with Gasteiger partial charge in [0.1, 0.15) is 5.82 Å². The summed E-state index contributed by atoms with van der Waals surface area (Å²) in [4.78, 5) is 40.6. The molecule has 0 saturated carbocycles. The van der Waals surface area contributed by atoms with Crippen LogP contribution in [0.5, 0.6) is 0 Å². The zero-order valence-electron chi connectivity index (χ0n) is 16.8. The quantitative estimate of drug-likeness (QED) is 0.631. The number of benzene rings is 2. The van der Waals surface area contributed by atoms with Crippen LogP contribution >= 0.6 is 0 Å². The van der Waals surface area contributed by atoms with Gasteiger partial charge in [0.05, 0.1) is 25.3 Å². The fourth-order valence-electron chi connectivity index (χ4n) is 2.90. The van der Waals surface area contributed by atoms with Gasteiger partial charge in [0.15, 0.2) is 0 Å². The molecule has 8 heteroatoms. The van der Waals surface area contributed by atoms with Gasteiger partial charge >= 0.3 is 11.9 Å². The van der Waals surface area contributed by atoms with E-state index in [4.69, 9.17) is 9.47 Å². The van der Waals surface area contributed by atoms with E-state index in [0.29, 0.717) is 12.1 Å². The van der Waals surface area contributed by atoms with Crippen molar-refractivity contribution in [1.29, 1.82) is 0 Å². The second-order valence-electron chi connectivity index (χ2n) is 6.54. The Kier molecular flexibility index (Phi) is 6.26. The molecule has 3 rings (SSSR count). The van der Waals surface area contributed by atoms with E-state index >= 15 is 0 Å². The van der Waals surface area contributed by atoms with Crippen LogP contribution in [0.15, 0.2) is 54.9 Å². The van der Waals surface area contributed by atoms with E-state index in [2.05, 4.69) is 10.3 Å². The van der Waals surface area contributed by atoms with Crippen molar-refractivity contribution in [1.82, 2.24) is 9.55 Å². The van der Waals surface area contributed by atoms with Gasteiger partial charge in [0, 0.05) is 30.2 Å². The van der Waals surface area contributed by atoms with Crippen LogP contribution in [0.4, 0.5) is 5.69 Å². The summed E-state index contributed by atoms with van der Waals surface area (Å²) >= 11 is 0. The smallest absolute Gasteiger partial charge is 0.337 e. The number of carbonyl (C=O) groups excluding carboxylic acids is 3. The van der Waals surface area contributed by atoms with Crippen LogP contribution in [0, 0.1) is 6.92 Å². The number of ether oxygens (including phenoxy) is 2. The number of hydrogen-bond acceptors (Lipinski definition) is 6. The Bertz CT molecular complexity index is 1050. The van der Waals surface area contributed by atoms with Gasteiger partial charge in [-0.3, -0.25) is 4.79 Å². The highest BCUT2D eigenvalue weighted by Gasteiger charge is 2.15. The average Bonchev–Trinajstić information content (AvgIpc) is 3.17. The molecule has 0 saturated heterocycles. The van der Waals surface area contributed by atoms with E-state index in [1.165, 1.54) is 32.4 Å². The largest absolute Gasteiger partial charge is 0.465 e. The van der Waals surface area contributed by atoms with Crippen molar-refractivity contribution in [3.63, 3.8) is 0 Å². The van der Waals surface area contributed by atoms with E-state index in [1.807, 2.05) is 29.8 Å². The molecule has 0 aliphatic heterocycles. The maximum Gasteiger partial charge on any atom is 0.337 e. The number of nitrogens with zero attached hydrogens (tertiary/aromatic N) is 2. The molecule has 154 valence electrons. The minimum atomic E-state index is -0.629. The molecule has 0 radical (unpaired) electrons. The van der Waals surface area contributed by atoms with Crippen LogP contribution in [-0.2, 0) is 16.0 Å². The van der Waals surface area contributed by atoms with Gasteiger partial charge in [-0.2, -0.15) is 0 Å². The third kappa shape index (κ3) is 4.72. The van der Waals surface area contributed by atoms with Crippen molar-refractivity contribution in [3.8, 4) is 0 Å². The van der Waals surface area contributed by atoms with Crippen LogP contribution in [0.3, 0.4) is 0 Å². The number of rotatable bonds is 6. The first-order valence-corrected chi connectivity index (χ1v) is 9.11. The molecule has 0 aliphatic rings. The summed E-state index contributed by atoms with van der Waals surface area (Å²) < 4.78 is 11.4. The third-order valence-electron chi connectivity index (χ3n) is 4.53. The fraction of sp³-hybridized carbons (Fsp3) is 0.182. The molecule has 0 unspecified atom stereocenters. The maximum absolute atomic E-state index is 12.6. The molecule has 2 aromatic carbocycles. The van der Waals surface area contributed by atoms with E-state index in [-0.39, 0.29) is 22.7 Å². The predicted molar refractivity (Wildman–Crippen MR) is 110 cm³/mol. The van der Waals surface area contributed by atoms with Gasteiger partial charge in [-0.05, 0) is 42.8 Å². The Balaban J connectivity index is 1.78. The van der Waals surface area contributed by atoms with Crippen molar-refractivity contribution >= 4 is 23.5 Å². The highest BCUT2D eigenvalue weighted by atomic mass is 16.5. The monoisotopic (exact) mass is 407 g/mol. The van der Waals surface area contributed by atoms with Gasteiger partial charge in [-0.25, -0.2) is 14.6 Å². The Morgan fingerprint density at radius 1 is 0.933 bits per heavy atom.